The van der Waals surface area contributed by atoms with E-state index in [9.17, 15) is 14.7 Å². The second-order valence-electron chi connectivity index (χ2n) is 6.67. The lowest BCUT2D eigenvalue weighted by Crippen LogP contribution is -2.41. The molecule has 2 fully saturated rings. The average Bonchev–Trinajstić information content (AvgIpc) is 3.07. The van der Waals surface area contributed by atoms with Crippen LogP contribution in [-0.4, -0.2) is 23.5 Å². The van der Waals surface area contributed by atoms with Crippen LogP contribution in [0.4, 0.5) is 0 Å². The highest BCUT2D eigenvalue weighted by Gasteiger charge is 2.40. The van der Waals surface area contributed by atoms with Crippen molar-refractivity contribution >= 4 is 11.9 Å². The maximum atomic E-state index is 12.3. The number of fused-ring (bicyclic) bond motifs is 2. The number of rotatable bonds is 4. The van der Waals surface area contributed by atoms with Gasteiger partial charge in [0.25, 0.3) is 0 Å². The third-order valence-electron chi connectivity index (χ3n) is 5.51. The van der Waals surface area contributed by atoms with Crippen LogP contribution in [0.25, 0.3) is 0 Å². The molecule has 1 amide bonds. The molecule has 110 valence electrons. The Morgan fingerprint density at radius 3 is 2.45 bits per heavy atom. The van der Waals surface area contributed by atoms with Crippen molar-refractivity contribution < 1.29 is 14.7 Å². The fourth-order valence-corrected chi connectivity index (χ4v) is 4.37. The summed E-state index contributed by atoms with van der Waals surface area (Å²) < 4.78 is 0. The van der Waals surface area contributed by atoms with Crippen molar-refractivity contribution in [2.45, 2.75) is 38.5 Å². The van der Waals surface area contributed by atoms with Crippen LogP contribution in [-0.2, 0) is 9.59 Å². The lowest BCUT2D eigenvalue weighted by Gasteiger charge is -2.26. The number of allylic oxidation sites excluding steroid dienone is 2. The van der Waals surface area contributed by atoms with Gasteiger partial charge < -0.3 is 10.4 Å². The molecule has 0 spiro atoms. The molecular formula is C16H23NO3. The van der Waals surface area contributed by atoms with Crippen LogP contribution in [0.3, 0.4) is 0 Å². The van der Waals surface area contributed by atoms with E-state index in [0.717, 1.165) is 18.4 Å². The van der Waals surface area contributed by atoms with Gasteiger partial charge >= 0.3 is 5.97 Å². The average molecular weight is 277 g/mol. The molecule has 3 rings (SSSR count). The van der Waals surface area contributed by atoms with E-state index in [2.05, 4.69) is 5.32 Å². The quantitative estimate of drug-likeness (QED) is 0.774. The number of hydrogen-bond donors (Lipinski definition) is 2. The summed E-state index contributed by atoms with van der Waals surface area (Å²) in [7, 11) is 0. The zero-order chi connectivity index (χ0) is 14.1. The largest absolute Gasteiger partial charge is 0.481 e. The number of nitrogens with one attached hydrogen (secondary N) is 1. The van der Waals surface area contributed by atoms with Gasteiger partial charge in [-0.05, 0) is 49.9 Å². The highest BCUT2D eigenvalue weighted by molar-refractivity contribution is 5.85. The number of carbonyl (C=O) groups is 2. The van der Waals surface area contributed by atoms with Crippen molar-refractivity contribution in [2.24, 2.45) is 29.6 Å². The van der Waals surface area contributed by atoms with Gasteiger partial charge in [0.2, 0.25) is 5.91 Å². The van der Waals surface area contributed by atoms with E-state index in [4.69, 9.17) is 0 Å². The topological polar surface area (TPSA) is 66.4 Å². The molecule has 5 atom stereocenters. The molecule has 4 nitrogen and oxygen atoms in total. The summed E-state index contributed by atoms with van der Waals surface area (Å²) in [5.74, 6) is 0.434. The second-order valence-corrected chi connectivity index (χ2v) is 6.67. The maximum absolute atomic E-state index is 12.3. The van der Waals surface area contributed by atoms with Crippen LogP contribution in [0, 0.1) is 29.6 Å². The van der Waals surface area contributed by atoms with E-state index in [1.807, 2.05) is 12.2 Å². The Hall–Kier alpha value is -1.32. The normalized spacial score (nSPS) is 38.9. The molecule has 2 N–H and O–H groups in total. The van der Waals surface area contributed by atoms with Gasteiger partial charge in [-0.1, -0.05) is 18.6 Å². The van der Waals surface area contributed by atoms with Crippen LogP contribution in [0.5, 0.6) is 0 Å². The van der Waals surface area contributed by atoms with Crippen molar-refractivity contribution in [3.05, 3.63) is 12.2 Å². The van der Waals surface area contributed by atoms with Gasteiger partial charge in [-0.2, -0.15) is 0 Å². The lowest BCUT2D eigenvalue weighted by molar-refractivity contribution is -0.147. The third-order valence-corrected chi connectivity index (χ3v) is 5.51. The van der Waals surface area contributed by atoms with Crippen molar-refractivity contribution in [2.75, 3.05) is 6.54 Å². The number of carbonyl (C=O) groups excluding carboxylic acids is 1. The highest BCUT2D eigenvalue weighted by atomic mass is 16.4. The zero-order valence-electron chi connectivity index (χ0n) is 11.8. The standard InChI is InChI=1S/C16H23NO3/c18-15(13-3-1-2-4-14(13)16(19)20)17-9-12-8-10-5-6-11(12)7-10/h1-2,10-14H,3-9H2,(H,17,18)(H,19,20). The number of hydrogen-bond acceptors (Lipinski definition) is 2. The number of carboxylic acid groups (broad SMARTS) is 1. The van der Waals surface area contributed by atoms with E-state index in [-0.39, 0.29) is 5.91 Å². The van der Waals surface area contributed by atoms with Crippen molar-refractivity contribution in [1.29, 1.82) is 0 Å². The van der Waals surface area contributed by atoms with E-state index >= 15 is 0 Å². The Kier molecular flexibility index (Phi) is 3.81. The van der Waals surface area contributed by atoms with Gasteiger partial charge in [0.15, 0.2) is 0 Å². The van der Waals surface area contributed by atoms with Crippen LogP contribution in [0.2, 0.25) is 0 Å². The van der Waals surface area contributed by atoms with Crippen molar-refractivity contribution in [1.82, 2.24) is 5.32 Å². The number of aliphatic carboxylic acids is 1. The van der Waals surface area contributed by atoms with Gasteiger partial charge in [0.1, 0.15) is 0 Å². The van der Waals surface area contributed by atoms with Crippen LogP contribution >= 0.6 is 0 Å². The van der Waals surface area contributed by atoms with Gasteiger partial charge in [-0.15, -0.1) is 0 Å². The summed E-state index contributed by atoms with van der Waals surface area (Å²) >= 11 is 0. The summed E-state index contributed by atoms with van der Waals surface area (Å²) in [6.07, 6.45) is 10.1. The first-order chi connectivity index (χ1) is 9.65. The maximum Gasteiger partial charge on any atom is 0.307 e. The fraction of sp³-hybridized carbons (Fsp3) is 0.750. The summed E-state index contributed by atoms with van der Waals surface area (Å²) in [6.45, 7) is 0.743. The minimum Gasteiger partial charge on any atom is -0.481 e. The van der Waals surface area contributed by atoms with E-state index in [1.165, 1.54) is 25.7 Å². The molecule has 0 aliphatic heterocycles. The third kappa shape index (κ3) is 2.60. The summed E-state index contributed by atoms with van der Waals surface area (Å²) in [5, 5.41) is 12.2. The molecule has 3 aliphatic carbocycles. The summed E-state index contributed by atoms with van der Waals surface area (Å²) in [6, 6.07) is 0. The Bertz CT molecular complexity index is 431. The molecule has 2 bridgehead atoms. The van der Waals surface area contributed by atoms with Crippen LogP contribution < -0.4 is 5.32 Å². The molecule has 0 radical (unpaired) electrons. The van der Waals surface area contributed by atoms with Crippen LogP contribution in [0.15, 0.2) is 12.2 Å². The molecule has 4 heteroatoms. The van der Waals surface area contributed by atoms with Gasteiger partial charge in [0, 0.05) is 6.54 Å². The van der Waals surface area contributed by atoms with E-state index in [0.29, 0.717) is 18.8 Å². The van der Waals surface area contributed by atoms with Gasteiger partial charge in [-0.25, -0.2) is 0 Å². The number of amides is 1. The molecule has 3 aliphatic rings. The Morgan fingerprint density at radius 1 is 1.10 bits per heavy atom. The van der Waals surface area contributed by atoms with Crippen molar-refractivity contribution in [3.63, 3.8) is 0 Å². The Labute approximate surface area is 119 Å². The van der Waals surface area contributed by atoms with Crippen LogP contribution in [0.1, 0.15) is 38.5 Å². The second kappa shape index (κ2) is 5.58. The molecule has 0 aromatic rings. The molecule has 0 aromatic heterocycles. The first-order valence-corrected chi connectivity index (χ1v) is 7.80. The van der Waals surface area contributed by atoms with Gasteiger partial charge in [0.05, 0.1) is 11.8 Å². The molecule has 20 heavy (non-hydrogen) atoms. The zero-order valence-corrected chi connectivity index (χ0v) is 11.8. The predicted molar refractivity (Wildman–Crippen MR) is 74.9 cm³/mol. The minimum atomic E-state index is -0.852. The smallest absolute Gasteiger partial charge is 0.307 e. The number of carboxylic acids is 1. The Morgan fingerprint density at radius 2 is 1.85 bits per heavy atom. The SMILES string of the molecule is O=C(O)C1CC=CCC1C(=O)NCC1CC2CCC1C2. The van der Waals surface area contributed by atoms with Crippen molar-refractivity contribution in [3.8, 4) is 0 Å². The van der Waals surface area contributed by atoms with E-state index < -0.39 is 17.8 Å². The highest BCUT2D eigenvalue weighted by Crippen LogP contribution is 2.47. The molecule has 0 heterocycles. The molecule has 2 saturated carbocycles. The first kappa shape index (κ1) is 13.7. The fourth-order valence-electron chi connectivity index (χ4n) is 4.37. The monoisotopic (exact) mass is 277 g/mol. The predicted octanol–water partition coefficient (Wildman–Crippen LogP) is 2.21. The molecule has 0 saturated heterocycles. The Balaban J connectivity index is 1.53. The minimum absolute atomic E-state index is 0.0653. The summed E-state index contributed by atoms with van der Waals surface area (Å²) in [5.41, 5.74) is 0. The summed E-state index contributed by atoms with van der Waals surface area (Å²) in [4.78, 5) is 23.5. The molecule has 5 unspecified atom stereocenters. The van der Waals surface area contributed by atoms with Gasteiger partial charge in [-0.3, -0.25) is 9.59 Å². The molecular weight excluding hydrogens is 254 g/mol. The first-order valence-electron chi connectivity index (χ1n) is 7.80. The van der Waals surface area contributed by atoms with E-state index in [1.54, 1.807) is 0 Å². The molecule has 0 aromatic carbocycles. The lowest BCUT2D eigenvalue weighted by atomic mass is 9.82.